The lowest BCUT2D eigenvalue weighted by atomic mass is 9.89. The summed E-state index contributed by atoms with van der Waals surface area (Å²) < 4.78 is 18.5. The first kappa shape index (κ1) is 13.0. The van der Waals surface area contributed by atoms with E-state index in [1.54, 1.807) is 6.07 Å². The molecule has 2 rings (SSSR count). The second kappa shape index (κ2) is 5.06. The van der Waals surface area contributed by atoms with Crippen LogP contribution in [0.3, 0.4) is 0 Å². The fraction of sp³-hybridized carbons (Fsp3) is 0.385. The maximum atomic E-state index is 13.0. The molecular formula is C13H16ClFN2O. The van der Waals surface area contributed by atoms with Crippen LogP contribution in [-0.4, -0.2) is 13.2 Å². The number of nitrogens with one attached hydrogen (secondary N) is 1. The predicted octanol–water partition coefficient (Wildman–Crippen LogP) is 2.66. The van der Waals surface area contributed by atoms with Crippen molar-refractivity contribution in [3.63, 3.8) is 0 Å². The van der Waals surface area contributed by atoms with Gasteiger partial charge in [0.2, 0.25) is 0 Å². The van der Waals surface area contributed by atoms with Crippen LogP contribution in [0.2, 0.25) is 5.02 Å². The van der Waals surface area contributed by atoms with Gasteiger partial charge in [0.05, 0.1) is 17.5 Å². The maximum absolute atomic E-state index is 13.0. The van der Waals surface area contributed by atoms with Crippen LogP contribution in [0.5, 0.6) is 5.75 Å². The Kier molecular flexibility index (Phi) is 3.66. The van der Waals surface area contributed by atoms with E-state index in [1.165, 1.54) is 12.1 Å². The minimum absolute atomic E-state index is 0.00785. The van der Waals surface area contributed by atoms with E-state index >= 15 is 0 Å². The number of rotatable bonds is 4. The molecule has 1 aromatic carbocycles. The Bertz CT molecular complexity index is 478. The first-order chi connectivity index (χ1) is 8.48. The molecule has 1 aliphatic rings. The van der Waals surface area contributed by atoms with Crippen molar-refractivity contribution in [2.75, 3.05) is 13.2 Å². The molecule has 0 aromatic heterocycles. The largest absolute Gasteiger partial charge is 0.494 e. The summed E-state index contributed by atoms with van der Waals surface area (Å²) in [7, 11) is 0. The highest BCUT2D eigenvalue weighted by molar-refractivity contribution is 6.30. The Hall–Kier alpha value is -1.42. The highest BCUT2D eigenvalue weighted by Crippen LogP contribution is 2.28. The molecule has 0 aliphatic carbocycles. The van der Waals surface area contributed by atoms with E-state index in [0.717, 1.165) is 13.0 Å². The number of hydrogen-bond acceptors (Lipinski definition) is 3. The topological polar surface area (TPSA) is 47.3 Å². The summed E-state index contributed by atoms with van der Waals surface area (Å²) >= 11 is 5.68. The molecule has 1 aromatic rings. The van der Waals surface area contributed by atoms with Crippen molar-refractivity contribution >= 4 is 11.6 Å². The maximum Gasteiger partial charge on any atom is 0.142 e. The Labute approximate surface area is 111 Å². The third-order valence-electron chi connectivity index (χ3n) is 3.03. The summed E-state index contributed by atoms with van der Waals surface area (Å²) in [6.45, 7) is 3.46. The SMILES string of the molecule is CC1(CCOc2ccc(F)c(Cl)c2)C=C(N)NC1. The van der Waals surface area contributed by atoms with Gasteiger partial charge in [-0.25, -0.2) is 4.39 Å². The van der Waals surface area contributed by atoms with Crippen LogP contribution >= 0.6 is 11.6 Å². The van der Waals surface area contributed by atoms with Crippen molar-refractivity contribution in [1.29, 1.82) is 0 Å². The van der Waals surface area contributed by atoms with Crippen LogP contribution in [0.15, 0.2) is 30.1 Å². The first-order valence-corrected chi connectivity index (χ1v) is 6.16. The zero-order chi connectivity index (χ0) is 13.2. The molecule has 98 valence electrons. The summed E-state index contributed by atoms with van der Waals surface area (Å²) in [6, 6.07) is 4.35. The fourth-order valence-corrected chi connectivity index (χ4v) is 2.08. The number of halogens is 2. The molecular weight excluding hydrogens is 255 g/mol. The van der Waals surface area contributed by atoms with Gasteiger partial charge in [-0.2, -0.15) is 0 Å². The van der Waals surface area contributed by atoms with Crippen molar-refractivity contribution < 1.29 is 9.13 Å². The van der Waals surface area contributed by atoms with Crippen LogP contribution in [0.4, 0.5) is 4.39 Å². The number of hydrogen-bond donors (Lipinski definition) is 2. The lowest BCUT2D eigenvalue weighted by Crippen LogP contribution is -2.24. The zero-order valence-corrected chi connectivity index (χ0v) is 10.9. The van der Waals surface area contributed by atoms with Crippen molar-refractivity contribution in [2.45, 2.75) is 13.3 Å². The van der Waals surface area contributed by atoms with Crippen molar-refractivity contribution in [1.82, 2.24) is 5.32 Å². The third kappa shape index (κ3) is 3.07. The van der Waals surface area contributed by atoms with E-state index in [-0.39, 0.29) is 10.4 Å². The fourth-order valence-electron chi connectivity index (χ4n) is 1.91. The minimum atomic E-state index is -0.438. The van der Waals surface area contributed by atoms with E-state index in [9.17, 15) is 4.39 Å². The summed E-state index contributed by atoms with van der Waals surface area (Å²) in [4.78, 5) is 0. The lowest BCUT2D eigenvalue weighted by molar-refractivity contribution is 0.254. The normalized spacial score (nSPS) is 22.5. The smallest absolute Gasteiger partial charge is 0.142 e. The molecule has 0 radical (unpaired) electrons. The first-order valence-electron chi connectivity index (χ1n) is 5.79. The third-order valence-corrected chi connectivity index (χ3v) is 3.32. The predicted molar refractivity (Wildman–Crippen MR) is 69.9 cm³/mol. The van der Waals surface area contributed by atoms with Gasteiger partial charge in [0.15, 0.2) is 0 Å². The summed E-state index contributed by atoms with van der Waals surface area (Å²) in [6.07, 6.45) is 2.84. The van der Waals surface area contributed by atoms with Crippen LogP contribution in [0.1, 0.15) is 13.3 Å². The van der Waals surface area contributed by atoms with Gasteiger partial charge in [-0.15, -0.1) is 0 Å². The second-order valence-corrected chi connectivity index (χ2v) is 5.19. The molecule has 1 unspecified atom stereocenters. The standard InChI is InChI=1S/C13H16ClFN2O/c1-13(7-12(16)17-8-13)4-5-18-9-2-3-11(15)10(14)6-9/h2-3,6-7,17H,4-5,8,16H2,1H3. The highest BCUT2D eigenvalue weighted by atomic mass is 35.5. The summed E-state index contributed by atoms with van der Waals surface area (Å²) in [5.41, 5.74) is 5.69. The number of nitrogens with two attached hydrogens (primary N) is 1. The van der Waals surface area contributed by atoms with Gasteiger partial charge in [-0.05, 0) is 24.6 Å². The highest BCUT2D eigenvalue weighted by Gasteiger charge is 2.26. The molecule has 3 N–H and O–H groups in total. The van der Waals surface area contributed by atoms with Crippen molar-refractivity contribution in [2.24, 2.45) is 11.1 Å². The summed E-state index contributed by atoms with van der Waals surface area (Å²) in [5.74, 6) is 0.849. The van der Waals surface area contributed by atoms with Crippen LogP contribution < -0.4 is 15.8 Å². The molecule has 0 spiro atoms. The van der Waals surface area contributed by atoms with Gasteiger partial charge >= 0.3 is 0 Å². The van der Waals surface area contributed by atoms with Gasteiger partial charge in [0.1, 0.15) is 11.6 Å². The molecule has 5 heteroatoms. The molecule has 0 fully saturated rings. The molecule has 1 heterocycles. The zero-order valence-electron chi connectivity index (χ0n) is 10.2. The average molecular weight is 271 g/mol. The Balaban J connectivity index is 1.87. The lowest BCUT2D eigenvalue weighted by Gasteiger charge is -2.20. The Morgan fingerprint density at radius 2 is 2.33 bits per heavy atom. The van der Waals surface area contributed by atoms with Crippen LogP contribution in [0, 0.1) is 11.2 Å². The monoisotopic (exact) mass is 270 g/mol. The van der Waals surface area contributed by atoms with E-state index in [1.807, 2.05) is 6.08 Å². The van der Waals surface area contributed by atoms with Gasteiger partial charge in [0, 0.05) is 18.0 Å². The number of benzene rings is 1. The molecule has 0 saturated carbocycles. The van der Waals surface area contributed by atoms with Gasteiger partial charge in [0.25, 0.3) is 0 Å². The van der Waals surface area contributed by atoms with Crippen LogP contribution in [0.25, 0.3) is 0 Å². The summed E-state index contributed by atoms with van der Waals surface area (Å²) in [5, 5.41) is 3.16. The molecule has 0 amide bonds. The van der Waals surface area contributed by atoms with E-state index in [0.29, 0.717) is 18.2 Å². The molecule has 1 atom stereocenters. The molecule has 3 nitrogen and oxygen atoms in total. The van der Waals surface area contributed by atoms with Crippen molar-refractivity contribution in [3.05, 3.63) is 40.9 Å². The van der Waals surface area contributed by atoms with E-state index < -0.39 is 5.82 Å². The Morgan fingerprint density at radius 3 is 2.94 bits per heavy atom. The molecule has 1 aliphatic heterocycles. The van der Waals surface area contributed by atoms with E-state index in [2.05, 4.69) is 12.2 Å². The average Bonchev–Trinajstić information content (AvgIpc) is 2.64. The Morgan fingerprint density at radius 1 is 1.56 bits per heavy atom. The van der Waals surface area contributed by atoms with Gasteiger partial charge < -0.3 is 15.8 Å². The number of ether oxygens (including phenoxy) is 1. The quantitative estimate of drug-likeness (QED) is 0.884. The molecule has 18 heavy (non-hydrogen) atoms. The van der Waals surface area contributed by atoms with E-state index in [4.69, 9.17) is 22.1 Å². The van der Waals surface area contributed by atoms with Gasteiger partial charge in [-0.1, -0.05) is 18.5 Å². The van der Waals surface area contributed by atoms with Gasteiger partial charge in [-0.3, -0.25) is 0 Å². The van der Waals surface area contributed by atoms with Crippen molar-refractivity contribution in [3.8, 4) is 5.75 Å². The van der Waals surface area contributed by atoms with Crippen LogP contribution in [-0.2, 0) is 0 Å². The minimum Gasteiger partial charge on any atom is -0.494 e. The molecule has 0 bridgehead atoms. The second-order valence-electron chi connectivity index (χ2n) is 4.78. The molecule has 0 saturated heterocycles.